The molecule has 1 aromatic heterocycles. The van der Waals surface area contributed by atoms with Crippen molar-refractivity contribution in [3.63, 3.8) is 0 Å². The van der Waals surface area contributed by atoms with Gasteiger partial charge in [-0.1, -0.05) is 6.07 Å². The number of carboxylic acid groups (broad SMARTS) is 1. The average Bonchev–Trinajstić information content (AvgIpc) is 2.51. The highest BCUT2D eigenvalue weighted by Crippen LogP contribution is 2.27. The smallest absolute Gasteiger partial charge is 0.318 e. The molecule has 1 aromatic carbocycles. The van der Waals surface area contributed by atoms with Gasteiger partial charge in [0, 0.05) is 23.4 Å². The number of rotatable bonds is 5. The molecule has 0 bridgehead atoms. The van der Waals surface area contributed by atoms with Crippen LogP contribution < -0.4 is 14.9 Å². The van der Waals surface area contributed by atoms with Crippen LogP contribution in [-0.4, -0.2) is 37.0 Å². The maximum atomic E-state index is 12.1. The van der Waals surface area contributed by atoms with Crippen molar-refractivity contribution in [2.24, 2.45) is 5.73 Å². The first-order valence-corrected chi connectivity index (χ1v) is 7.94. The van der Waals surface area contributed by atoms with Gasteiger partial charge in [0.15, 0.2) is 5.82 Å². The van der Waals surface area contributed by atoms with Crippen LogP contribution in [0.2, 0.25) is 0 Å². The van der Waals surface area contributed by atoms with Crippen molar-refractivity contribution >= 4 is 50.3 Å². The molecule has 0 spiro atoms. The number of aliphatic carboxylic acids is 1. The number of hydrogen-bond acceptors (Lipinski definition) is 5. The number of benzene rings is 1. The van der Waals surface area contributed by atoms with Crippen molar-refractivity contribution in [3.05, 3.63) is 30.5 Å². The van der Waals surface area contributed by atoms with Gasteiger partial charge in [-0.2, -0.15) is 4.72 Å². The first-order valence-electron chi connectivity index (χ1n) is 6.12. The third-order valence-electron chi connectivity index (χ3n) is 2.84. The van der Waals surface area contributed by atoms with Gasteiger partial charge in [-0.15, -0.1) is 0 Å². The molecule has 122 valence electrons. The molecular formula is C12H12ClN5O4S. The number of carboxylic acids is 1. The van der Waals surface area contributed by atoms with Crippen molar-refractivity contribution in [2.45, 2.75) is 4.90 Å². The maximum absolute atomic E-state index is 12.1. The quantitative estimate of drug-likeness (QED) is 0.344. The van der Waals surface area contributed by atoms with E-state index in [-0.39, 0.29) is 10.7 Å². The zero-order chi connectivity index (χ0) is 17.2. The molecule has 2 aromatic rings. The maximum Gasteiger partial charge on any atom is 0.318 e. The number of anilines is 1. The number of hydrogen-bond donors (Lipinski definition) is 4. The number of nitrogens with zero attached hydrogens (tertiary/aromatic N) is 2. The molecule has 0 saturated heterocycles. The Balaban J connectivity index is 2.55. The van der Waals surface area contributed by atoms with E-state index in [4.69, 9.17) is 28.0 Å². The number of nitrogens with one attached hydrogen (secondary N) is 2. The van der Waals surface area contributed by atoms with Crippen LogP contribution in [0.3, 0.4) is 0 Å². The molecule has 0 amide bonds. The summed E-state index contributed by atoms with van der Waals surface area (Å²) in [5.74, 6) is -1.70. The molecule has 1 heterocycles. The van der Waals surface area contributed by atoms with Crippen molar-refractivity contribution in [2.75, 3.05) is 11.0 Å². The lowest BCUT2D eigenvalue weighted by atomic mass is 10.1. The Morgan fingerprint density at radius 1 is 1.43 bits per heavy atom. The Labute approximate surface area is 136 Å². The minimum Gasteiger partial charge on any atom is -0.480 e. The van der Waals surface area contributed by atoms with Crippen LogP contribution in [0.25, 0.3) is 10.8 Å². The predicted molar refractivity (Wildman–Crippen MR) is 84.8 cm³/mol. The summed E-state index contributed by atoms with van der Waals surface area (Å²) in [6.45, 7) is -0.741. The summed E-state index contributed by atoms with van der Waals surface area (Å²) >= 11 is 5.87. The molecule has 11 heteroatoms. The van der Waals surface area contributed by atoms with E-state index in [1.54, 1.807) is 6.07 Å². The summed E-state index contributed by atoms with van der Waals surface area (Å²) in [6, 6.07) is 5.74. The van der Waals surface area contributed by atoms with Crippen LogP contribution in [0.5, 0.6) is 0 Å². The van der Waals surface area contributed by atoms with Gasteiger partial charge < -0.3 is 10.8 Å². The summed E-state index contributed by atoms with van der Waals surface area (Å²) in [5, 5.41) is 16.9. The van der Waals surface area contributed by atoms with Gasteiger partial charge >= 0.3 is 5.97 Å². The van der Waals surface area contributed by atoms with Crippen LogP contribution >= 0.6 is 11.8 Å². The number of guanidine groups is 1. The van der Waals surface area contributed by atoms with E-state index in [9.17, 15) is 13.2 Å². The Hall–Kier alpha value is -2.43. The van der Waals surface area contributed by atoms with E-state index in [1.807, 2.05) is 4.72 Å². The predicted octanol–water partition coefficient (Wildman–Crippen LogP) is 0.451. The van der Waals surface area contributed by atoms with Gasteiger partial charge in [0.1, 0.15) is 6.54 Å². The SMILES string of the molecule is N=C(N)N(Cl)c1nccc2ccc(S(=O)(=O)NCC(=O)O)cc12. The van der Waals surface area contributed by atoms with Gasteiger partial charge in [0.05, 0.1) is 4.90 Å². The molecule has 0 saturated carbocycles. The molecule has 2 rings (SSSR count). The number of sulfonamides is 1. The van der Waals surface area contributed by atoms with E-state index >= 15 is 0 Å². The molecule has 9 nitrogen and oxygen atoms in total. The third kappa shape index (κ3) is 3.67. The Morgan fingerprint density at radius 3 is 2.74 bits per heavy atom. The molecule has 0 atom stereocenters. The van der Waals surface area contributed by atoms with Gasteiger partial charge in [0.25, 0.3) is 0 Å². The highest BCUT2D eigenvalue weighted by Gasteiger charge is 2.18. The van der Waals surface area contributed by atoms with Gasteiger partial charge in [-0.05, 0) is 23.6 Å². The molecule has 0 radical (unpaired) electrons. The van der Waals surface area contributed by atoms with E-state index in [2.05, 4.69) is 4.98 Å². The topological polar surface area (TPSA) is 149 Å². The number of nitrogens with two attached hydrogens (primary N) is 1. The molecule has 0 fully saturated rings. The van der Waals surface area contributed by atoms with Crippen molar-refractivity contribution in [3.8, 4) is 0 Å². The van der Waals surface area contributed by atoms with Crippen molar-refractivity contribution < 1.29 is 18.3 Å². The molecule has 5 N–H and O–H groups in total. The highest BCUT2D eigenvalue weighted by atomic mass is 35.5. The molecule has 0 aliphatic rings. The summed E-state index contributed by atoms with van der Waals surface area (Å²) in [4.78, 5) is 14.3. The molecule has 0 aliphatic carbocycles. The summed E-state index contributed by atoms with van der Waals surface area (Å²) in [6.07, 6.45) is 1.44. The lowest BCUT2D eigenvalue weighted by Crippen LogP contribution is -2.30. The zero-order valence-electron chi connectivity index (χ0n) is 11.5. The summed E-state index contributed by atoms with van der Waals surface area (Å²) < 4.78 is 26.9. The highest BCUT2D eigenvalue weighted by molar-refractivity contribution is 7.89. The first-order chi connectivity index (χ1) is 10.7. The fraction of sp³-hybridized carbons (Fsp3) is 0.0833. The fourth-order valence-electron chi connectivity index (χ4n) is 1.81. The van der Waals surface area contributed by atoms with Gasteiger partial charge in [-0.3, -0.25) is 10.2 Å². The third-order valence-corrected chi connectivity index (χ3v) is 4.58. The second-order valence-electron chi connectivity index (χ2n) is 4.40. The Kier molecular flexibility index (Phi) is 4.68. The van der Waals surface area contributed by atoms with Gasteiger partial charge in [0.2, 0.25) is 16.0 Å². The van der Waals surface area contributed by atoms with Crippen LogP contribution in [-0.2, 0) is 14.8 Å². The van der Waals surface area contributed by atoms with Crippen molar-refractivity contribution in [1.29, 1.82) is 5.41 Å². The summed E-state index contributed by atoms with van der Waals surface area (Å²) in [7, 11) is -4.01. The number of halogens is 1. The second kappa shape index (κ2) is 6.36. The second-order valence-corrected chi connectivity index (χ2v) is 6.51. The molecule has 23 heavy (non-hydrogen) atoms. The fourth-order valence-corrected chi connectivity index (χ4v) is 2.94. The van der Waals surface area contributed by atoms with E-state index in [1.165, 1.54) is 24.4 Å². The average molecular weight is 358 g/mol. The molecular weight excluding hydrogens is 346 g/mol. The number of fused-ring (bicyclic) bond motifs is 1. The van der Waals surface area contributed by atoms with E-state index in [0.29, 0.717) is 10.8 Å². The van der Waals surface area contributed by atoms with Crippen LogP contribution in [0.15, 0.2) is 35.4 Å². The largest absolute Gasteiger partial charge is 0.480 e. The Morgan fingerprint density at radius 2 is 2.13 bits per heavy atom. The first kappa shape index (κ1) is 16.9. The van der Waals surface area contributed by atoms with E-state index in [0.717, 1.165) is 4.42 Å². The van der Waals surface area contributed by atoms with Crippen LogP contribution in [0, 0.1) is 5.41 Å². The lowest BCUT2D eigenvalue weighted by Gasteiger charge is -2.15. The van der Waals surface area contributed by atoms with Crippen LogP contribution in [0.1, 0.15) is 0 Å². The zero-order valence-corrected chi connectivity index (χ0v) is 13.1. The summed E-state index contributed by atoms with van der Waals surface area (Å²) in [5.41, 5.74) is 5.31. The van der Waals surface area contributed by atoms with Crippen LogP contribution in [0.4, 0.5) is 5.82 Å². The minimum absolute atomic E-state index is 0.0898. The number of carbonyl (C=O) groups is 1. The number of pyridine rings is 1. The Bertz CT molecular complexity index is 886. The standard InChI is InChI=1S/C12H12ClN5O4S/c13-18(12(14)15)11-9-5-8(2-1-7(9)3-4-16-11)23(21,22)17-6-10(19)20/h1-5,17H,6H2,(H3,14,15)(H,19,20). The van der Waals surface area contributed by atoms with E-state index < -0.39 is 28.5 Å². The molecule has 0 unspecified atom stereocenters. The molecule has 0 aliphatic heterocycles. The van der Waals surface area contributed by atoms with Crippen molar-refractivity contribution in [1.82, 2.24) is 9.71 Å². The van der Waals surface area contributed by atoms with Gasteiger partial charge in [-0.25, -0.2) is 17.8 Å². The number of aromatic nitrogens is 1. The minimum atomic E-state index is -4.01. The normalized spacial score (nSPS) is 11.3. The monoisotopic (exact) mass is 357 g/mol. The lowest BCUT2D eigenvalue weighted by molar-refractivity contribution is -0.135.